The van der Waals surface area contributed by atoms with Crippen molar-refractivity contribution in [2.75, 3.05) is 38.5 Å². The maximum atomic E-state index is 12.3. The summed E-state index contributed by atoms with van der Waals surface area (Å²) < 4.78 is 0. The van der Waals surface area contributed by atoms with Crippen LogP contribution in [0.25, 0.3) is 0 Å². The number of amides is 1. The zero-order chi connectivity index (χ0) is 15.4. The van der Waals surface area contributed by atoms with E-state index in [4.69, 9.17) is 0 Å². The van der Waals surface area contributed by atoms with Crippen molar-refractivity contribution >= 4 is 17.4 Å². The lowest BCUT2D eigenvalue weighted by Gasteiger charge is -2.30. The van der Waals surface area contributed by atoms with Crippen LogP contribution in [-0.4, -0.2) is 51.0 Å². The molecule has 0 radical (unpaired) electrons. The molecule has 0 saturated carbocycles. The van der Waals surface area contributed by atoms with Crippen LogP contribution in [0, 0.1) is 0 Å². The summed E-state index contributed by atoms with van der Waals surface area (Å²) in [6.07, 6.45) is 0. The van der Waals surface area contributed by atoms with Crippen LogP contribution in [0.3, 0.4) is 0 Å². The number of piperazine rings is 1. The van der Waals surface area contributed by atoms with Gasteiger partial charge in [-0.1, -0.05) is 0 Å². The summed E-state index contributed by atoms with van der Waals surface area (Å²) in [5.41, 5.74) is 1.41. The van der Waals surface area contributed by atoms with Crippen LogP contribution < -0.4 is 15.1 Å². The minimum atomic E-state index is -0.0504. The number of carbonyl (C=O) groups is 2. The quantitative estimate of drug-likeness (QED) is 0.600. The second-order valence-electron chi connectivity index (χ2n) is 5.96. The summed E-state index contributed by atoms with van der Waals surface area (Å²) in [5.74, 6) is 0.0748. The highest BCUT2D eigenvalue weighted by atomic mass is 16.2. The van der Waals surface area contributed by atoms with Gasteiger partial charge in [0.1, 0.15) is 26.2 Å². The minimum Gasteiger partial charge on any atom is -0.328 e. The van der Waals surface area contributed by atoms with Crippen molar-refractivity contribution in [1.29, 1.82) is 0 Å². The molecule has 1 amide bonds. The van der Waals surface area contributed by atoms with Crippen molar-refractivity contribution in [2.45, 2.75) is 19.9 Å². The van der Waals surface area contributed by atoms with Gasteiger partial charge in [-0.15, -0.1) is 0 Å². The molecule has 1 saturated heterocycles. The Morgan fingerprint density at radius 2 is 1.67 bits per heavy atom. The van der Waals surface area contributed by atoms with E-state index in [-0.39, 0.29) is 17.7 Å². The highest BCUT2D eigenvalue weighted by Crippen LogP contribution is 2.10. The van der Waals surface area contributed by atoms with Crippen LogP contribution in [0.4, 0.5) is 5.69 Å². The van der Waals surface area contributed by atoms with Gasteiger partial charge in [0.25, 0.3) is 5.91 Å². The molecule has 5 heteroatoms. The smallest absolute Gasteiger partial charge is 0.282 e. The fourth-order valence-electron chi connectivity index (χ4n) is 2.66. The third-order valence-corrected chi connectivity index (χ3v) is 4.31. The molecule has 0 unspecified atom stereocenters. The highest BCUT2D eigenvalue weighted by Gasteiger charge is 2.29. The Morgan fingerprint density at radius 3 is 2.19 bits per heavy atom. The van der Waals surface area contributed by atoms with Gasteiger partial charge in [0, 0.05) is 11.3 Å². The molecule has 1 fully saturated rings. The van der Waals surface area contributed by atoms with Crippen molar-refractivity contribution in [3.63, 3.8) is 0 Å². The fraction of sp³-hybridized carbons (Fsp3) is 0.500. The largest absolute Gasteiger partial charge is 0.328 e. The van der Waals surface area contributed by atoms with Crippen LogP contribution in [0.5, 0.6) is 0 Å². The Balaban J connectivity index is 1.92. The number of benzene rings is 1. The number of anilines is 1. The number of hydrogen-bond donors (Lipinski definition) is 3. The van der Waals surface area contributed by atoms with Crippen LogP contribution in [0.15, 0.2) is 24.3 Å². The fourth-order valence-corrected chi connectivity index (χ4v) is 2.66. The van der Waals surface area contributed by atoms with Gasteiger partial charge in [-0.3, -0.25) is 9.59 Å². The van der Waals surface area contributed by atoms with Crippen molar-refractivity contribution in [3.05, 3.63) is 29.8 Å². The van der Waals surface area contributed by atoms with Gasteiger partial charge in [-0.2, -0.15) is 0 Å². The SMILES string of the molecule is CC(=O)c1ccc(NC(=O)[C@H](C)[NH+]2CC[NH+](C)CC2)cc1. The second kappa shape index (κ2) is 6.83. The van der Waals surface area contributed by atoms with Crippen LogP contribution in [-0.2, 0) is 4.79 Å². The van der Waals surface area contributed by atoms with Crippen LogP contribution in [0.1, 0.15) is 24.2 Å². The number of ketones is 1. The molecule has 0 spiro atoms. The predicted octanol–water partition coefficient (Wildman–Crippen LogP) is -1.37. The molecule has 1 aromatic carbocycles. The molecule has 0 bridgehead atoms. The first-order valence-corrected chi connectivity index (χ1v) is 7.55. The van der Waals surface area contributed by atoms with Gasteiger partial charge in [0.15, 0.2) is 11.8 Å². The van der Waals surface area contributed by atoms with Gasteiger partial charge < -0.3 is 15.1 Å². The molecule has 114 valence electrons. The van der Waals surface area contributed by atoms with Gasteiger partial charge in [-0.05, 0) is 38.1 Å². The van der Waals surface area contributed by atoms with Crippen LogP contribution in [0.2, 0.25) is 0 Å². The predicted molar refractivity (Wildman–Crippen MR) is 81.9 cm³/mol. The number of Topliss-reactive ketones (excluding diaryl/α,β-unsaturated/α-hetero) is 1. The maximum absolute atomic E-state index is 12.3. The van der Waals surface area contributed by atoms with Gasteiger partial charge in [0.2, 0.25) is 0 Å². The number of hydrogen-bond acceptors (Lipinski definition) is 2. The van der Waals surface area contributed by atoms with E-state index < -0.39 is 0 Å². The Bertz CT molecular complexity index is 505. The normalized spacial score (nSPS) is 23.4. The molecule has 0 aromatic heterocycles. The molecule has 1 heterocycles. The molecule has 1 atom stereocenters. The lowest BCUT2D eigenvalue weighted by molar-refractivity contribution is -1.01. The lowest BCUT2D eigenvalue weighted by Crippen LogP contribution is -3.29. The average Bonchev–Trinajstić information content (AvgIpc) is 2.47. The van der Waals surface area contributed by atoms with E-state index in [1.807, 2.05) is 6.92 Å². The van der Waals surface area contributed by atoms with Crippen molar-refractivity contribution < 1.29 is 19.4 Å². The Hall–Kier alpha value is -1.72. The van der Waals surface area contributed by atoms with Crippen LogP contribution >= 0.6 is 0 Å². The van der Waals surface area contributed by atoms with E-state index in [0.29, 0.717) is 5.56 Å². The second-order valence-corrected chi connectivity index (χ2v) is 5.96. The topological polar surface area (TPSA) is 55.0 Å². The van der Waals surface area contributed by atoms with E-state index in [0.717, 1.165) is 31.9 Å². The monoisotopic (exact) mass is 291 g/mol. The van der Waals surface area contributed by atoms with E-state index in [1.165, 1.54) is 16.7 Å². The van der Waals surface area contributed by atoms with Crippen molar-refractivity contribution in [2.24, 2.45) is 0 Å². The minimum absolute atomic E-state index is 0.0330. The summed E-state index contributed by atoms with van der Waals surface area (Å²) in [5, 5.41) is 2.94. The van der Waals surface area contributed by atoms with E-state index in [2.05, 4.69) is 12.4 Å². The molecule has 2 rings (SSSR count). The molecule has 21 heavy (non-hydrogen) atoms. The molecular formula is C16H25N3O2+2. The Labute approximate surface area is 125 Å². The van der Waals surface area contributed by atoms with Crippen molar-refractivity contribution in [1.82, 2.24) is 0 Å². The summed E-state index contributed by atoms with van der Waals surface area (Å²) in [4.78, 5) is 26.4. The number of nitrogens with one attached hydrogen (secondary N) is 3. The standard InChI is InChI=1S/C16H23N3O2/c1-12(19-10-8-18(3)9-11-19)16(21)17-15-6-4-14(5-7-15)13(2)20/h4-7,12H,8-11H2,1-3H3,(H,17,21)/p+2/t12-/m0/s1. The molecule has 3 N–H and O–H groups in total. The first-order valence-electron chi connectivity index (χ1n) is 7.55. The molecule has 1 aromatic rings. The zero-order valence-electron chi connectivity index (χ0n) is 13.0. The highest BCUT2D eigenvalue weighted by molar-refractivity contribution is 5.96. The van der Waals surface area contributed by atoms with E-state index >= 15 is 0 Å². The summed E-state index contributed by atoms with van der Waals surface area (Å²) in [6, 6.07) is 7.00. The Kier molecular flexibility index (Phi) is 5.09. The average molecular weight is 291 g/mol. The summed E-state index contributed by atoms with van der Waals surface area (Å²) in [7, 11) is 2.19. The lowest BCUT2D eigenvalue weighted by atomic mass is 10.1. The first kappa shape index (κ1) is 15.7. The Morgan fingerprint density at radius 1 is 1.10 bits per heavy atom. The molecule has 5 nitrogen and oxygen atoms in total. The number of quaternary nitrogens is 2. The first-order chi connectivity index (χ1) is 9.97. The number of likely N-dealkylation sites (N-methyl/N-ethyl adjacent to an activating group) is 1. The van der Waals surface area contributed by atoms with E-state index in [9.17, 15) is 9.59 Å². The maximum Gasteiger partial charge on any atom is 0.282 e. The summed E-state index contributed by atoms with van der Waals surface area (Å²) in [6.45, 7) is 7.80. The summed E-state index contributed by atoms with van der Waals surface area (Å²) >= 11 is 0. The van der Waals surface area contributed by atoms with Gasteiger partial charge >= 0.3 is 0 Å². The van der Waals surface area contributed by atoms with E-state index in [1.54, 1.807) is 24.3 Å². The van der Waals surface area contributed by atoms with Gasteiger partial charge in [-0.25, -0.2) is 0 Å². The number of rotatable bonds is 4. The molecule has 0 aliphatic carbocycles. The van der Waals surface area contributed by atoms with Crippen molar-refractivity contribution in [3.8, 4) is 0 Å². The third-order valence-electron chi connectivity index (χ3n) is 4.31. The molecular weight excluding hydrogens is 266 g/mol. The van der Waals surface area contributed by atoms with Gasteiger partial charge in [0.05, 0.1) is 7.05 Å². The zero-order valence-corrected chi connectivity index (χ0v) is 13.0. The molecule has 1 aliphatic rings. The third kappa shape index (κ3) is 4.12. The number of carbonyl (C=O) groups excluding carboxylic acids is 2. The molecule has 1 aliphatic heterocycles.